The van der Waals surface area contributed by atoms with E-state index in [9.17, 15) is 9.59 Å². The molecule has 0 radical (unpaired) electrons. The second-order valence-electron chi connectivity index (χ2n) is 7.95. The number of ether oxygens (including phenoxy) is 2. The molecule has 0 atom stereocenters. The van der Waals surface area contributed by atoms with Crippen LogP contribution in [-0.4, -0.2) is 30.8 Å². The zero-order chi connectivity index (χ0) is 23.2. The Labute approximate surface area is 201 Å². The van der Waals surface area contributed by atoms with Gasteiger partial charge in [-0.05, 0) is 37.1 Å². The number of rotatable bonds is 8. The highest BCUT2D eigenvalue weighted by atomic mass is 35.5. The number of amides is 1. The van der Waals surface area contributed by atoms with Crippen molar-refractivity contribution in [1.29, 1.82) is 0 Å². The molecule has 1 N–H and O–H groups in total. The maximum atomic E-state index is 12.9. The van der Waals surface area contributed by atoms with Crippen LogP contribution in [-0.2, 0) is 15.3 Å². The minimum atomic E-state index is -0.654. The summed E-state index contributed by atoms with van der Waals surface area (Å²) in [7, 11) is 1.49. The first kappa shape index (κ1) is 23.5. The second kappa shape index (κ2) is 11.0. The molecule has 1 fully saturated rings. The van der Waals surface area contributed by atoms with Crippen LogP contribution in [0.5, 0.6) is 5.75 Å². The Bertz CT molecular complexity index is 1140. The molecule has 174 valence electrons. The fraction of sp³-hybridized carbons (Fsp3) is 0.360. The number of hydrogen-bond acceptors (Lipinski definition) is 6. The lowest BCUT2D eigenvalue weighted by molar-refractivity contribution is -0.119. The van der Waals surface area contributed by atoms with Gasteiger partial charge in [0, 0.05) is 27.0 Å². The zero-order valence-electron chi connectivity index (χ0n) is 18.4. The molecule has 33 heavy (non-hydrogen) atoms. The van der Waals surface area contributed by atoms with Crippen molar-refractivity contribution in [3.8, 4) is 5.75 Å². The number of carbonyl (C=O) groups excluding carboxylic acids is 2. The molecular formula is C25H26ClNO5S. The van der Waals surface area contributed by atoms with Crippen molar-refractivity contribution >= 4 is 51.9 Å². The highest BCUT2D eigenvalue weighted by Crippen LogP contribution is 2.35. The van der Waals surface area contributed by atoms with Crippen molar-refractivity contribution in [2.45, 2.75) is 43.1 Å². The second-order valence-corrected chi connectivity index (χ2v) is 9.67. The highest BCUT2D eigenvalue weighted by Gasteiger charge is 2.24. The number of thioether (sulfide) groups is 1. The van der Waals surface area contributed by atoms with Gasteiger partial charge in [-0.3, -0.25) is 4.79 Å². The van der Waals surface area contributed by atoms with Crippen LogP contribution in [0, 0.1) is 0 Å². The van der Waals surface area contributed by atoms with Gasteiger partial charge < -0.3 is 19.2 Å². The summed E-state index contributed by atoms with van der Waals surface area (Å²) in [6.07, 6.45) is 6.21. The summed E-state index contributed by atoms with van der Waals surface area (Å²) in [5.74, 6) is 0.126. The Balaban J connectivity index is 1.44. The first-order chi connectivity index (χ1) is 16.0. The predicted octanol–water partition coefficient (Wildman–Crippen LogP) is 6.46. The van der Waals surface area contributed by atoms with Gasteiger partial charge in [0.25, 0.3) is 5.91 Å². The number of nitrogens with one attached hydrogen (secondary N) is 1. The SMILES string of the molecule is COc1ccc(Cl)cc1NC(=O)COC(=O)c1oc2ccccc2c1CSC1CCCCC1. The lowest BCUT2D eigenvalue weighted by Gasteiger charge is -2.20. The van der Waals surface area contributed by atoms with Crippen LogP contribution in [0.1, 0.15) is 48.2 Å². The van der Waals surface area contributed by atoms with E-state index in [1.807, 2.05) is 36.0 Å². The molecule has 1 aliphatic rings. The molecule has 1 heterocycles. The number of anilines is 1. The molecular weight excluding hydrogens is 462 g/mol. The molecule has 0 bridgehead atoms. The van der Waals surface area contributed by atoms with E-state index >= 15 is 0 Å². The van der Waals surface area contributed by atoms with Crippen LogP contribution in [0.3, 0.4) is 0 Å². The highest BCUT2D eigenvalue weighted by molar-refractivity contribution is 7.99. The van der Waals surface area contributed by atoms with Crippen LogP contribution < -0.4 is 10.1 Å². The number of halogens is 1. The number of esters is 1. The number of methoxy groups -OCH3 is 1. The molecule has 4 rings (SSSR count). The summed E-state index contributed by atoms with van der Waals surface area (Å²) in [6.45, 7) is -0.458. The summed E-state index contributed by atoms with van der Waals surface area (Å²) in [5.41, 5.74) is 1.86. The number of hydrogen-bond donors (Lipinski definition) is 1. The number of benzene rings is 2. The lowest BCUT2D eigenvalue weighted by atomic mass is 10.0. The van der Waals surface area contributed by atoms with E-state index in [4.69, 9.17) is 25.5 Å². The van der Waals surface area contributed by atoms with Crippen LogP contribution in [0.4, 0.5) is 5.69 Å². The number of para-hydroxylation sites is 1. The molecule has 6 nitrogen and oxygen atoms in total. The smallest absolute Gasteiger partial charge is 0.375 e. The molecule has 2 aromatic carbocycles. The fourth-order valence-corrected chi connectivity index (χ4v) is 5.53. The molecule has 1 aromatic heterocycles. The molecule has 0 saturated heterocycles. The molecule has 8 heteroatoms. The van der Waals surface area contributed by atoms with Crippen molar-refractivity contribution in [3.63, 3.8) is 0 Å². The van der Waals surface area contributed by atoms with E-state index in [2.05, 4.69) is 5.32 Å². The average molecular weight is 488 g/mol. The largest absolute Gasteiger partial charge is 0.495 e. The zero-order valence-corrected chi connectivity index (χ0v) is 20.0. The Hall–Kier alpha value is -2.64. The van der Waals surface area contributed by atoms with Crippen LogP contribution in [0.15, 0.2) is 46.9 Å². The first-order valence-electron chi connectivity index (χ1n) is 11.0. The van der Waals surface area contributed by atoms with Gasteiger partial charge in [0.15, 0.2) is 6.61 Å². The molecule has 1 saturated carbocycles. The summed E-state index contributed by atoms with van der Waals surface area (Å²) in [6, 6.07) is 12.4. The molecule has 0 spiro atoms. The number of furan rings is 1. The maximum absolute atomic E-state index is 12.9. The number of fused-ring (bicyclic) bond motifs is 1. The maximum Gasteiger partial charge on any atom is 0.375 e. The molecule has 0 unspecified atom stereocenters. The number of carbonyl (C=O) groups is 2. The van der Waals surface area contributed by atoms with Crippen molar-refractivity contribution in [3.05, 3.63) is 58.8 Å². The van der Waals surface area contributed by atoms with E-state index in [1.165, 1.54) is 39.2 Å². The van der Waals surface area contributed by atoms with Gasteiger partial charge in [-0.1, -0.05) is 49.1 Å². The van der Waals surface area contributed by atoms with Gasteiger partial charge in [-0.15, -0.1) is 0 Å². The van der Waals surface area contributed by atoms with Crippen molar-refractivity contribution in [2.75, 3.05) is 19.0 Å². The third-order valence-electron chi connectivity index (χ3n) is 5.67. The van der Waals surface area contributed by atoms with Gasteiger partial charge in [-0.2, -0.15) is 11.8 Å². The molecule has 1 aliphatic carbocycles. The van der Waals surface area contributed by atoms with E-state index in [1.54, 1.807) is 18.2 Å². The fourth-order valence-electron chi connectivity index (χ4n) is 4.00. The topological polar surface area (TPSA) is 77.8 Å². The Kier molecular flexibility index (Phi) is 7.83. The van der Waals surface area contributed by atoms with Gasteiger partial charge in [0.05, 0.1) is 12.8 Å². The van der Waals surface area contributed by atoms with E-state index in [-0.39, 0.29) is 5.76 Å². The summed E-state index contributed by atoms with van der Waals surface area (Å²) >= 11 is 7.86. The third-order valence-corrected chi connectivity index (χ3v) is 7.30. The monoisotopic (exact) mass is 487 g/mol. The Morgan fingerprint density at radius 2 is 1.94 bits per heavy atom. The van der Waals surface area contributed by atoms with E-state index in [0.717, 1.165) is 10.9 Å². The summed E-state index contributed by atoms with van der Waals surface area (Å²) in [5, 5.41) is 4.60. The minimum absolute atomic E-state index is 0.160. The summed E-state index contributed by atoms with van der Waals surface area (Å²) in [4.78, 5) is 25.3. The predicted molar refractivity (Wildman–Crippen MR) is 131 cm³/mol. The third kappa shape index (κ3) is 5.84. The minimum Gasteiger partial charge on any atom is -0.495 e. The van der Waals surface area contributed by atoms with Crippen LogP contribution >= 0.6 is 23.4 Å². The van der Waals surface area contributed by atoms with Crippen LogP contribution in [0.25, 0.3) is 11.0 Å². The first-order valence-corrected chi connectivity index (χ1v) is 12.4. The standard InChI is InChI=1S/C25H26ClNO5S/c1-30-22-12-11-16(26)13-20(22)27-23(28)14-31-25(29)24-19(15-33-17-7-3-2-4-8-17)18-9-5-6-10-21(18)32-24/h5-6,9-13,17H,2-4,7-8,14-15H2,1H3,(H,27,28). The van der Waals surface area contributed by atoms with Gasteiger partial charge in [0.2, 0.25) is 5.76 Å². The van der Waals surface area contributed by atoms with Crippen molar-refractivity contribution < 1.29 is 23.5 Å². The van der Waals surface area contributed by atoms with Gasteiger partial charge in [0.1, 0.15) is 11.3 Å². The van der Waals surface area contributed by atoms with Gasteiger partial charge in [-0.25, -0.2) is 4.79 Å². The quantitative estimate of drug-likeness (QED) is 0.367. The van der Waals surface area contributed by atoms with Crippen molar-refractivity contribution in [1.82, 2.24) is 0 Å². The van der Waals surface area contributed by atoms with E-state index in [0.29, 0.717) is 33.0 Å². The Morgan fingerprint density at radius 3 is 2.73 bits per heavy atom. The van der Waals surface area contributed by atoms with Gasteiger partial charge >= 0.3 is 5.97 Å². The molecule has 1 amide bonds. The normalized spacial score (nSPS) is 14.2. The van der Waals surface area contributed by atoms with E-state index < -0.39 is 18.5 Å². The molecule has 3 aromatic rings. The molecule has 0 aliphatic heterocycles. The van der Waals surface area contributed by atoms with Crippen LogP contribution in [0.2, 0.25) is 5.02 Å². The van der Waals surface area contributed by atoms with Crippen molar-refractivity contribution in [2.24, 2.45) is 0 Å². The Morgan fingerprint density at radius 1 is 1.15 bits per heavy atom. The lowest BCUT2D eigenvalue weighted by Crippen LogP contribution is -2.21. The summed E-state index contributed by atoms with van der Waals surface area (Å²) < 4.78 is 16.4. The average Bonchev–Trinajstić information content (AvgIpc) is 3.21.